The number of benzene rings is 1. The molecule has 0 aliphatic heterocycles. The minimum absolute atomic E-state index is 1.31. The van der Waals surface area contributed by atoms with E-state index in [-0.39, 0.29) is 0 Å². The van der Waals surface area contributed by atoms with Gasteiger partial charge in [-0.15, -0.1) is 11.8 Å². The summed E-state index contributed by atoms with van der Waals surface area (Å²) in [5.74, 6) is 0. The van der Waals surface area contributed by atoms with Gasteiger partial charge in [0.05, 0.1) is 0 Å². The van der Waals surface area contributed by atoms with Crippen molar-refractivity contribution in [3.63, 3.8) is 0 Å². The van der Waals surface area contributed by atoms with Gasteiger partial charge in [-0.25, -0.2) is 0 Å². The van der Waals surface area contributed by atoms with Crippen molar-refractivity contribution in [2.24, 2.45) is 0 Å². The Morgan fingerprint density at radius 3 is 2.42 bits per heavy atom. The molecule has 66 valence electrons. The Morgan fingerprint density at radius 2 is 1.92 bits per heavy atom. The lowest BCUT2D eigenvalue weighted by molar-refractivity contribution is 1.10. The maximum absolute atomic E-state index is 2.17. The molecular formula is C10H15NS. The van der Waals surface area contributed by atoms with Crippen LogP contribution in [0.15, 0.2) is 23.1 Å². The van der Waals surface area contributed by atoms with Crippen LogP contribution >= 0.6 is 11.8 Å². The highest BCUT2D eigenvalue weighted by Crippen LogP contribution is 2.27. The summed E-state index contributed by atoms with van der Waals surface area (Å²) in [5, 5.41) is 0. The average Bonchev–Trinajstić information content (AvgIpc) is 2.04. The Labute approximate surface area is 78.8 Å². The molecule has 2 heteroatoms. The molecule has 0 spiro atoms. The summed E-state index contributed by atoms with van der Waals surface area (Å²) in [6.45, 7) is 2.17. The van der Waals surface area contributed by atoms with E-state index in [2.05, 4.69) is 50.4 Å². The standard InChI is InChI=1S/C10H15NS/c1-8-9(11(2)3)6-5-7-10(8)12-4/h5-7H,1-4H3. The molecule has 0 radical (unpaired) electrons. The summed E-state index contributed by atoms with van der Waals surface area (Å²) >= 11 is 1.80. The summed E-state index contributed by atoms with van der Waals surface area (Å²) in [7, 11) is 4.15. The van der Waals surface area contributed by atoms with Crippen LogP contribution in [0.1, 0.15) is 5.56 Å². The highest BCUT2D eigenvalue weighted by molar-refractivity contribution is 7.98. The molecule has 0 heterocycles. The van der Waals surface area contributed by atoms with Crippen LogP contribution < -0.4 is 4.90 Å². The molecule has 0 unspecified atom stereocenters. The van der Waals surface area contributed by atoms with E-state index in [1.54, 1.807) is 11.8 Å². The van der Waals surface area contributed by atoms with E-state index in [1.807, 2.05) is 0 Å². The molecule has 1 nitrogen and oxygen atoms in total. The first-order valence-electron chi connectivity index (χ1n) is 3.97. The van der Waals surface area contributed by atoms with Crippen molar-refractivity contribution < 1.29 is 0 Å². The van der Waals surface area contributed by atoms with Crippen molar-refractivity contribution in [2.45, 2.75) is 11.8 Å². The first kappa shape index (κ1) is 9.46. The molecule has 0 amide bonds. The molecular weight excluding hydrogens is 166 g/mol. The second-order valence-corrected chi connectivity index (χ2v) is 3.85. The predicted octanol–water partition coefficient (Wildman–Crippen LogP) is 2.78. The van der Waals surface area contributed by atoms with E-state index in [0.717, 1.165) is 0 Å². The lowest BCUT2D eigenvalue weighted by atomic mass is 10.2. The predicted molar refractivity (Wildman–Crippen MR) is 57.3 cm³/mol. The number of thioether (sulfide) groups is 1. The Morgan fingerprint density at radius 1 is 1.25 bits per heavy atom. The summed E-state index contributed by atoms with van der Waals surface area (Å²) in [5.41, 5.74) is 2.68. The third kappa shape index (κ3) is 1.75. The van der Waals surface area contributed by atoms with E-state index in [4.69, 9.17) is 0 Å². The molecule has 0 aromatic heterocycles. The smallest absolute Gasteiger partial charge is 0.0401 e. The molecule has 0 fully saturated rings. The first-order valence-corrected chi connectivity index (χ1v) is 5.20. The number of rotatable bonds is 2. The highest BCUT2D eigenvalue weighted by Gasteiger charge is 2.03. The van der Waals surface area contributed by atoms with E-state index < -0.39 is 0 Å². The summed E-state index contributed by atoms with van der Waals surface area (Å²) < 4.78 is 0. The van der Waals surface area contributed by atoms with Crippen molar-refractivity contribution in [3.05, 3.63) is 23.8 Å². The number of hydrogen-bond acceptors (Lipinski definition) is 2. The van der Waals surface area contributed by atoms with Gasteiger partial charge in [0.1, 0.15) is 0 Å². The van der Waals surface area contributed by atoms with Gasteiger partial charge >= 0.3 is 0 Å². The van der Waals surface area contributed by atoms with Crippen LogP contribution in [0.3, 0.4) is 0 Å². The first-order chi connectivity index (χ1) is 5.66. The fourth-order valence-corrected chi connectivity index (χ4v) is 1.93. The third-order valence-electron chi connectivity index (χ3n) is 1.96. The lowest BCUT2D eigenvalue weighted by Crippen LogP contribution is -2.10. The summed E-state index contributed by atoms with van der Waals surface area (Å²) in [6, 6.07) is 6.41. The zero-order valence-corrected chi connectivity index (χ0v) is 8.90. The normalized spacial score (nSPS) is 10.0. The summed E-state index contributed by atoms with van der Waals surface area (Å²) in [6.07, 6.45) is 2.11. The molecule has 0 atom stereocenters. The molecule has 0 aliphatic rings. The molecule has 0 saturated carbocycles. The SMILES string of the molecule is CSc1cccc(N(C)C)c1C. The highest BCUT2D eigenvalue weighted by atomic mass is 32.2. The van der Waals surface area contributed by atoms with Gasteiger partial charge in [0, 0.05) is 24.7 Å². The van der Waals surface area contributed by atoms with Gasteiger partial charge in [0.15, 0.2) is 0 Å². The molecule has 1 aromatic rings. The molecule has 0 aliphatic carbocycles. The Kier molecular flexibility index (Phi) is 3.04. The second kappa shape index (κ2) is 3.85. The Hall–Kier alpha value is -0.630. The maximum atomic E-state index is 2.17. The number of anilines is 1. The number of hydrogen-bond donors (Lipinski definition) is 0. The molecule has 0 saturated heterocycles. The summed E-state index contributed by atoms with van der Waals surface area (Å²) in [4.78, 5) is 3.51. The molecule has 0 N–H and O–H groups in total. The van der Waals surface area contributed by atoms with Gasteiger partial charge in [0.2, 0.25) is 0 Å². The monoisotopic (exact) mass is 181 g/mol. The quantitative estimate of drug-likeness (QED) is 0.645. The molecule has 0 bridgehead atoms. The molecule has 1 aromatic carbocycles. The van der Waals surface area contributed by atoms with Crippen molar-refractivity contribution >= 4 is 17.4 Å². The van der Waals surface area contributed by atoms with E-state index in [9.17, 15) is 0 Å². The topological polar surface area (TPSA) is 3.24 Å². The fraction of sp³-hybridized carbons (Fsp3) is 0.400. The van der Waals surface area contributed by atoms with Gasteiger partial charge < -0.3 is 4.90 Å². The van der Waals surface area contributed by atoms with Crippen LogP contribution in [0.5, 0.6) is 0 Å². The van der Waals surface area contributed by atoms with Crippen LogP contribution in [0.2, 0.25) is 0 Å². The van der Waals surface area contributed by atoms with Crippen LogP contribution in [0, 0.1) is 6.92 Å². The maximum Gasteiger partial charge on any atom is 0.0401 e. The van der Waals surface area contributed by atoms with Crippen molar-refractivity contribution in [2.75, 3.05) is 25.3 Å². The minimum Gasteiger partial charge on any atom is -0.377 e. The van der Waals surface area contributed by atoms with Crippen molar-refractivity contribution in [3.8, 4) is 0 Å². The van der Waals surface area contributed by atoms with Gasteiger partial charge in [-0.2, -0.15) is 0 Å². The zero-order valence-electron chi connectivity index (χ0n) is 8.09. The van der Waals surface area contributed by atoms with Gasteiger partial charge in [-0.3, -0.25) is 0 Å². The Bertz CT molecular complexity index is 269. The van der Waals surface area contributed by atoms with Crippen LogP contribution in [0.4, 0.5) is 5.69 Å². The van der Waals surface area contributed by atoms with Gasteiger partial charge in [-0.05, 0) is 30.9 Å². The largest absolute Gasteiger partial charge is 0.377 e. The van der Waals surface area contributed by atoms with Crippen LogP contribution in [-0.2, 0) is 0 Å². The van der Waals surface area contributed by atoms with Crippen molar-refractivity contribution in [1.82, 2.24) is 0 Å². The van der Waals surface area contributed by atoms with E-state index in [0.29, 0.717) is 0 Å². The van der Waals surface area contributed by atoms with Crippen LogP contribution in [-0.4, -0.2) is 20.4 Å². The third-order valence-corrected chi connectivity index (χ3v) is 2.84. The molecule has 1 rings (SSSR count). The molecule has 12 heavy (non-hydrogen) atoms. The average molecular weight is 181 g/mol. The number of nitrogens with zero attached hydrogens (tertiary/aromatic N) is 1. The second-order valence-electron chi connectivity index (χ2n) is 3.00. The van der Waals surface area contributed by atoms with Gasteiger partial charge in [-0.1, -0.05) is 6.07 Å². The van der Waals surface area contributed by atoms with E-state index in [1.165, 1.54) is 16.1 Å². The minimum atomic E-state index is 1.31. The lowest BCUT2D eigenvalue weighted by Gasteiger charge is -2.17. The Balaban J connectivity index is 3.14. The zero-order chi connectivity index (χ0) is 9.14. The van der Waals surface area contributed by atoms with E-state index >= 15 is 0 Å². The van der Waals surface area contributed by atoms with Crippen molar-refractivity contribution in [1.29, 1.82) is 0 Å². The fourth-order valence-electron chi connectivity index (χ4n) is 1.31. The van der Waals surface area contributed by atoms with Crippen LogP contribution in [0.25, 0.3) is 0 Å². The van der Waals surface area contributed by atoms with Gasteiger partial charge in [0.25, 0.3) is 0 Å².